The second-order valence-electron chi connectivity index (χ2n) is 8.10. The number of carboxylic acids is 1. The lowest BCUT2D eigenvalue weighted by atomic mass is 10.1. The van der Waals surface area contributed by atoms with E-state index in [1.54, 1.807) is 18.2 Å². The zero-order valence-corrected chi connectivity index (χ0v) is 18.7. The summed E-state index contributed by atoms with van der Waals surface area (Å²) in [6.07, 6.45) is -2.69. The van der Waals surface area contributed by atoms with Gasteiger partial charge < -0.3 is 14.3 Å². The van der Waals surface area contributed by atoms with Gasteiger partial charge in [-0.2, -0.15) is 13.2 Å². The SMILES string of the molecule is C=CCN(Cc1ccc(OC(C)(C)C(=O)O)cc1)Cc1nnc(-c2ccc(C(F)(F)F)cc2)o1. The Hall–Kier alpha value is -3.66. The van der Waals surface area contributed by atoms with Crippen LogP contribution in [0.15, 0.2) is 65.6 Å². The number of alkyl halides is 3. The molecular weight excluding hydrogens is 451 g/mol. The van der Waals surface area contributed by atoms with Crippen molar-refractivity contribution in [2.75, 3.05) is 6.54 Å². The first-order valence-corrected chi connectivity index (χ1v) is 10.3. The smallest absolute Gasteiger partial charge is 0.416 e. The Morgan fingerprint density at radius 3 is 2.29 bits per heavy atom. The van der Waals surface area contributed by atoms with E-state index in [-0.39, 0.29) is 5.89 Å². The number of halogens is 3. The minimum absolute atomic E-state index is 0.129. The summed E-state index contributed by atoms with van der Waals surface area (Å²) in [5, 5.41) is 17.1. The van der Waals surface area contributed by atoms with Gasteiger partial charge in [0, 0.05) is 18.7 Å². The van der Waals surface area contributed by atoms with E-state index in [9.17, 15) is 23.1 Å². The molecule has 0 fully saturated rings. The van der Waals surface area contributed by atoms with Crippen molar-refractivity contribution < 1.29 is 32.2 Å². The van der Waals surface area contributed by atoms with Gasteiger partial charge in [-0.3, -0.25) is 4.90 Å². The summed E-state index contributed by atoms with van der Waals surface area (Å²) < 4.78 is 49.4. The molecule has 34 heavy (non-hydrogen) atoms. The Kier molecular flexibility index (Phi) is 7.41. The van der Waals surface area contributed by atoms with Gasteiger partial charge in [-0.25, -0.2) is 4.79 Å². The summed E-state index contributed by atoms with van der Waals surface area (Å²) in [5.41, 5.74) is -0.776. The van der Waals surface area contributed by atoms with Crippen LogP contribution in [-0.4, -0.2) is 38.3 Å². The molecule has 1 aromatic heterocycles. The third kappa shape index (κ3) is 6.44. The molecule has 0 saturated carbocycles. The molecule has 1 heterocycles. The maximum atomic E-state index is 12.8. The van der Waals surface area contributed by atoms with Crippen LogP contribution in [0.1, 0.15) is 30.9 Å². The molecule has 0 aliphatic rings. The van der Waals surface area contributed by atoms with Crippen LogP contribution in [0, 0.1) is 0 Å². The van der Waals surface area contributed by atoms with Crippen molar-refractivity contribution in [2.45, 2.75) is 38.7 Å². The molecule has 3 rings (SSSR count). The summed E-state index contributed by atoms with van der Waals surface area (Å²) in [4.78, 5) is 13.2. The maximum Gasteiger partial charge on any atom is 0.416 e. The Labute approximate surface area is 194 Å². The van der Waals surface area contributed by atoms with Crippen LogP contribution in [-0.2, 0) is 24.1 Å². The van der Waals surface area contributed by atoms with Crippen molar-refractivity contribution in [3.63, 3.8) is 0 Å². The van der Waals surface area contributed by atoms with Gasteiger partial charge >= 0.3 is 12.1 Å². The molecule has 2 aromatic carbocycles. The predicted octanol–water partition coefficient (Wildman–Crippen LogP) is 5.19. The lowest BCUT2D eigenvalue weighted by Gasteiger charge is -2.22. The molecule has 3 aromatic rings. The van der Waals surface area contributed by atoms with Crippen molar-refractivity contribution in [1.82, 2.24) is 15.1 Å². The number of carbonyl (C=O) groups is 1. The van der Waals surface area contributed by atoms with Gasteiger partial charge in [-0.1, -0.05) is 18.2 Å². The van der Waals surface area contributed by atoms with Gasteiger partial charge in [0.1, 0.15) is 5.75 Å². The molecular formula is C24H24F3N3O4. The van der Waals surface area contributed by atoms with Crippen LogP contribution in [0.2, 0.25) is 0 Å². The van der Waals surface area contributed by atoms with Gasteiger partial charge in [0.25, 0.3) is 0 Å². The molecule has 180 valence electrons. The van der Waals surface area contributed by atoms with Gasteiger partial charge in [0.2, 0.25) is 11.8 Å². The minimum Gasteiger partial charge on any atom is -0.478 e. The Balaban J connectivity index is 1.66. The van der Waals surface area contributed by atoms with E-state index in [1.807, 2.05) is 17.0 Å². The monoisotopic (exact) mass is 475 g/mol. The summed E-state index contributed by atoms with van der Waals surface area (Å²) in [7, 11) is 0. The highest BCUT2D eigenvalue weighted by atomic mass is 19.4. The lowest BCUT2D eigenvalue weighted by molar-refractivity contribution is -0.152. The van der Waals surface area contributed by atoms with Gasteiger partial charge in [-0.05, 0) is 55.8 Å². The molecule has 0 radical (unpaired) electrons. The Morgan fingerprint density at radius 1 is 1.09 bits per heavy atom. The molecule has 0 saturated heterocycles. The molecule has 7 nitrogen and oxygen atoms in total. The quantitative estimate of drug-likeness (QED) is 0.404. The maximum absolute atomic E-state index is 12.8. The van der Waals surface area contributed by atoms with Crippen molar-refractivity contribution in [2.24, 2.45) is 0 Å². The highest BCUT2D eigenvalue weighted by Crippen LogP contribution is 2.30. The van der Waals surface area contributed by atoms with E-state index < -0.39 is 23.3 Å². The highest BCUT2D eigenvalue weighted by molar-refractivity contribution is 5.76. The molecule has 0 bridgehead atoms. The van der Waals surface area contributed by atoms with Crippen LogP contribution in [0.5, 0.6) is 5.75 Å². The summed E-state index contributed by atoms with van der Waals surface area (Å²) in [6.45, 7) is 8.02. The third-order valence-corrected chi connectivity index (χ3v) is 4.89. The van der Waals surface area contributed by atoms with Crippen LogP contribution in [0.4, 0.5) is 13.2 Å². The number of aromatic nitrogens is 2. The summed E-state index contributed by atoms with van der Waals surface area (Å²) in [6, 6.07) is 11.6. The van der Waals surface area contributed by atoms with Gasteiger partial charge in [-0.15, -0.1) is 16.8 Å². The van der Waals surface area contributed by atoms with Crippen molar-refractivity contribution in [3.05, 3.63) is 78.2 Å². The molecule has 10 heteroatoms. The van der Waals surface area contributed by atoms with Crippen molar-refractivity contribution in [1.29, 1.82) is 0 Å². The first-order valence-electron chi connectivity index (χ1n) is 10.3. The number of nitrogens with zero attached hydrogens (tertiary/aromatic N) is 3. The van der Waals surface area contributed by atoms with E-state index >= 15 is 0 Å². The summed E-state index contributed by atoms with van der Waals surface area (Å²) >= 11 is 0. The van der Waals surface area contributed by atoms with E-state index in [0.29, 0.717) is 36.8 Å². The zero-order chi connectivity index (χ0) is 24.9. The topological polar surface area (TPSA) is 88.7 Å². The van der Waals surface area contributed by atoms with E-state index in [1.165, 1.54) is 26.0 Å². The number of benzene rings is 2. The third-order valence-electron chi connectivity index (χ3n) is 4.89. The van der Waals surface area contributed by atoms with Crippen LogP contribution in [0.25, 0.3) is 11.5 Å². The lowest BCUT2D eigenvalue weighted by Crippen LogP contribution is -2.37. The fourth-order valence-corrected chi connectivity index (χ4v) is 3.05. The molecule has 1 N–H and O–H groups in total. The standard InChI is InChI=1S/C24H24F3N3O4/c1-4-13-30(14-16-5-11-19(12-6-16)34-23(2,3)22(31)32)15-20-28-29-21(33-20)17-7-9-18(10-8-17)24(25,26)27/h4-12H,1,13-15H2,2-3H3,(H,31,32). The van der Waals surface area contributed by atoms with Gasteiger partial charge in [0.05, 0.1) is 12.1 Å². The molecule has 0 spiro atoms. The Bertz CT molecular complexity index is 1120. The number of rotatable bonds is 10. The average molecular weight is 475 g/mol. The van der Waals surface area contributed by atoms with E-state index in [0.717, 1.165) is 17.7 Å². The highest BCUT2D eigenvalue weighted by Gasteiger charge is 2.30. The largest absolute Gasteiger partial charge is 0.478 e. The first kappa shape index (κ1) is 25.0. The van der Waals surface area contributed by atoms with Crippen LogP contribution < -0.4 is 4.74 Å². The molecule has 0 atom stereocenters. The normalized spacial score (nSPS) is 12.1. The first-order chi connectivity index (χ1) is 16.0. The zero-order valence-electron chi connectivity index (χ0n) is 18.7. The number of hydrogen-bond acceptors (Lipinski definition) is 6. The average Bonchev–Trinajstić information content (AvgIpc) is 3.23. The van der Waals surface area contributed by atoms with E-state index in [4.69, 9.17) is 9.15 Å². The predicted molar refractivity (Wildman–Crippen MR) is 118 cm³/mol. The number of aliphatic carboxylic acids is 1. The fourth-order valence-electron chi connectivity index (χ4n) is 3.05. The molecule has 0 unspecified atom stereocenters. The molecule has 0 aliphatic carbocycles. The Morgan fingerprint density at radius 2 is 1.74 bits per heavy atom. The number of ether oxygens (including phenoxy) is 1. The van der Waals surface area contributed by atoms with Crippen molar-refractivity contribution in [3.8, 4) is 17.2 Å². The van der Waals surface area contributed by atoms with Gasteiger partial charge in [0.15, 0.2) is 5.60 Å². The van der Waals surface area contributed by atoms with Crippen molar-refractivity contribution >= 4 is 5.97 Å². The van der Waals surface area contributed by atoms with Crippen LogP contribution in [0.3, 0.4) is 0 Å². The summed E-state index contributed by atoms with van der Waals surface area (Å²) in [5.74, 6) is -0.196. The fraction of sp³-hybridized carbons (Fsp3) is 0.292. The number of carboxylic acid groups (broad SMARTS) is 1. The molecule has 0 aliphatic heterocycles. The number of hydrogen-bond donors (Lipinski definition) is 1. The minimum atomic E-state index is -4.42. The van der Waals surface area contributed by atoms with E-state index in [2.05, 4.69) is 16.8 Å². The second-order valence-corrected chi connectivity index (χ2v) is 8.10. The second kappa shape index (κ2) is 10.1. The molecule has 0 amide bonds. The van der Waals surface area contributed by atoms with Crippen LogP contribution >= 0.6 is 0 Å².